The highest BCUT2D eigenvalue weighted by molar-refractivity contribution is 7.16. The number of hydrogen-bond acceptors (Lipinski definition) is 7. The van der Waals surface area contributed by atoms with E-state index < -0.39 is 0 Å². The molecule has 0 bridgehead atoms. The SMILES string of the molecule is C1=C(C2Cc3c(Nc4ccc5ncsc5c4)ncnc3N2)CCNC1. The molecule has 126 valence electrons. The summed E-state index contributed by atoms with van der Waals surface area (Å²) < 4.78 is 1.17. The minimum absolute atomic E-state index is 0.332. The molecule has 7 heteroatoms. The molecule has 3 aromatic rings. The highest BCUT2D eigenvalue weighted by Crippen LogP contribution is 2.34. The highest BCUT2D eigenvalue weighted by atomic mass is 32.1. The van der Waals surface area contributed by atoms with Crippen LogP contribution in [0.3, 0.4) is 0 Å². The van der Waals surface area contributed by atoms with Gasteiger partial charge in [0.1, 0.15) is 18.0 Å². The van der Waals surface area contributed by atoms with Gasteiger partial charge in [0.15, 0.2) is 0 Å². The van der Waals surface area contributed by atoms with Crippen LogP contribution in [-0.2, 0) is 6.42 Å². The normalized spacial score (nSPS) is 19.4. The fourth-order valence-electron chi connectivity index (χ4n) is 3.51. The first kappa shape index (κ1) is 14.8. The summed E-state index contributed by atoms with van der Waals surface area (Å²) in [5.74, 6) is 1.83. The van der Waals surface area contributed by atoms with Gasteiger partial charge in [0.25, 0.3) is 0 Å². The fraction of sp³-hybridized carbons (Fsp3) is 0.278. The number of thiazole rings is 1. The molecule has 0 radical (unpaired) electrons. The van der Waals surface area contributed by atoms with Crippen molar-refractivity contribution < 1.29 is 0 Å². The van der Waals surface area contributed by atoms with Gasteiger partial charge in [0.2, 0.25) is 0 Å². The average Bonchev–Trinajstić information content (AvgIpc) is 3.29. The third-order valence-electron chi connectivity index (χ3n) is 4.81. The zero-order valence-corrected chi connectivity index (χ0v) is 14.4. The van der Waals surface area contributed by atoms with E-state index in [9.17, 15) is 0 Å². The first-order valence-electron chi connectivity index (χ1n) is 8.47. The summed E-state index contributed by atoms with van der Waals surface area (Å²) >= 11 is 1.65. The standard InChI is InChI=1S/C18H18N6S/c1-2-14-16(25-10-22-14)7-12(1)23-17-13-8-15(11-3-5-19-6-4-11)24-18(13)21-9-20-17/h1-3,7,9-10,15,19H,4-6,8H2,(H2,20,21,23,24). The first-order valence-corrected chi connectivity index (χ1v) is 9.35. The Balaban J connectivity index is 1.42. The van der Waals surface area contributed by atoms with Crippen LogP contribution in [0.5, 0.6) is 0 Å². The Hall–Kier alpha value is -2.51. The Labute approximate surface area is 149 Å². The first-order chi connectivity index (χ1) is 12.4. The number of rotatable bonds is 3. The molecule has 4 heterocycles. The Morgan fingerprint density at radius 1 is 1.20 bits per heavy atom. The fourth-order valence-corrected chi connectivity index (χ4v) is 4.22. The van der Waals surface area contributed by atoms with Crippen LogP contribution in [0.25, 0.3) is 10.2 Å². The van der Waals surface area contributed by atoms with Crippen molar-refractivity contribution in [3.05, 3.63) is 47.2 Å². The summed E-state index contributed by atoms with van der Waals surface area (Å²) in [4.78, 5) is 13.3. The van der Waals surface area contributed by atoms with Crippen LogP contribution in [0.1, 0.15) is 12.0 Å². The topological polar surface area (TPSA) is 74.8 Å². The lowest BCUT2D eigenvalue weighted by molar-refractivity contribution is 0.662. The number of aromatic nitrogens is 3. The molecule has 0 fully saturated rings. The van der Waals surface area contributed by atoms with E-state index in [-0.39, 0.29) is 0 Å². The van der Waals surface area contributed by atoms with Crippen LogP contribution in [0.2, 0.25) is 0 Å². The van der Waals surface area contributed by atoms with Gasteiger partial charge in [-0.15, -0.1) is 11.3 Å². The molecular weight excluding hydrogens is 332 g/mol. The van der Waals surface area contributed by atoms with Gasteiger partial charge in [-0.2, -0.15) is 0 Å². The molecule has 2 aromatic heterocycles. The van der Waals surface area contributed by atoms with Gasteiger partial charge in [0, 0.05) is 24.2 Å². The summed E-state index contributed by atoms with van der Waals surface area (Å²) in [6.45, 7) is 2.00. The predicted molar refractivity (Wildman–Crippen MR) is 102 cm³/mol. The third kappa shape index (κ3) is 2.75. The molecule has 6 nitrogen and oxygen atoms in total. The molecule has 1 atom stereocenters. The van der Waals surface area contributed by atoms with E-state index >= 15 is 0 Å². The number of fused-ring (bicyclic) bond motifs is 2. The largest absolute Gasteiger partial charge is 0.363 e. The molecule has 0 aliphatic carbocycles. The summed E-state index contributed by atoms with van der Waals surface area (Å²) in [6.07, 6.45) is 5.93. The van der Waals surface area contributed by atoms with Crippen LogP contribution >= 0.6 is 11.3 Å². The van der Waals surface area contributed by atoms with Crippen LogP contribution < -0.4 is 16.0 Å². The molecule has 3 N–H and O–H groups in total. The number of benzene rings is 1. The van der Waals surface area contributed by atoms with Gasteiger partial charge in [-0.25, -0.2) is 15.0 Å². The van der Waals surface area contributed by atoms with E-state index in [0.717, 1.165) is 54.3 Å². The quantitative estimate of drug-likeness (QED) is 0.630. The van der Waals surface area contributed by atoms with Gasteiger partial charge in [-0.05, 0) is 36.7 Å². The van der Waals surface area contributed by atoms with Gasteiger partial charge in [-0.1, -0.05) is 6.08 Å². The monoisotopic (exact) mass is 350 g/mol. The van der Waals surface area contributed by atoms with Crippen LogP contribution in [-0.4, -0.2) is 34.1 Å². The zero-order chi connectivity index (χ0) is 16.6. The van der Waals surface area contributed by atoms with Gasteiger partial charge in [0.05, 0.1) is 21.8 Å². The summed E-state index contributed by atoms with van der Waals surface area (Å²) in [6, 6.07) is 6.54. The zero-order valence-electron chi connectivity index (χ0n) is 13.6. The summed E-state index contributed by atoms with van der Waals surface area (Å²) in [5.41, 5.74) is 6.56. The lowest BCUT2D eigenvalue weighted by atomic mass is 9.98. The van der Waals surface area contributed by atoms with Crippen molar-refractivity contribution in [2.75, 3.05) is 23.7 Å². The maximum atomic E-state index is 4.49. The van der Waals surface area contributed by atoms with E-state index in [0.29, 0.717) is 6.04 Å². The van der Waals surface area contributed by atoms with E-state index in [2.05, 4.69) is 43.0 Å². The average molecular weight is 350 g/mol. The van der Waals surface area contributed by atoms with E-state index in [1.807, 2.05) is 17.6 Å². The third-order valence-corrected chi connectivity index (χ3v) is 5.60. The molecule has 0 spiro atoms. The van der Waals surface area contributed by atoms with Gasteiger partial charge < -0.3 is 16.0 Å². The molecule has 0 amide bonds. The Bertz CT molecular complexity index is 963. The second-order valence-corrected chi connectivity index (χ2v) is 7.23. The van der Waals surface area contributed by atoms with Crippen molar-refractivity contribution in [1.82, 2.24) is 20.3 Å². The molecule has 0 saturated carbocycles. The lowest BCUT2D eigenvalue weighted by Gasteiger charge is -2.20. The molecule has 2 aliphatic heterocycles. The molecule has 1 aromatic carbocycles. The molecular formula is C18H18N6S. The molecule has 25 heavy (non-hydrogen) atoms. The van der Waals surface area contributed by atoms with Gasteiger partial charge in [-0.3, -0.25) is 0 Å². The van der Waals surface area contributed by atoms with Crippen molar-refractivity contribution in [3.63, 3.8) is 0 Å². The van der Waals surface area contributed by atoms with Crippen molar-refractivity contribution in [1.29, 1.82) is 0 Å². The van der Waals surface area contributed by atoms with E-state index in [1.54, 1.807) is 17.7 Å². The Morgan fingerprint density at radius 3 is 3.12 bits per heavy atom. The van der Waals surface area contributed by atoms with Crippen LogP contribution in [0.4, 0.5) is 17.3 Å². The van der Waals surface area contributed by atoms with Gasteiger partial charge >= 0.3 is 0 Å². The molecule has 5 rings (SSSR count). The van der Waals surface area contributed by atoms with E-state index in [1.165, 1.54) is 10.3 Å². The number of anilines is 3. The molecule has 1 unspecified atom stereocenters. The van der Waals surface area contributed by atoms with Crippen LogP contribution in [0, 0.1) is 0 Å². The molecule has 0 saturated heterocycles. The van der Waals surface area contributed by atoms with Crippen molar-refractivity contribution in [2.45, 2.75) is 18.9 Å². The smallest absolute Gasteiger partial charge is 0.139 e. The maximum absolute atomic E-state index is 4.49. The Morgan fingerprint density at radius 2 is 2.20 bits per heavy atom. The van der Waals surface area contributed by atoms with E-state index in [4.69, 9.17) is 0 Å². The lowest BCUT2D eigenvalue weighted by Crippen LogP contribution is -2.28. The maximum Gasteiger partial charge on any atom is 0.139 e. The summed E-state index contributed by atoms with van der Waals surface area (Å²) in [5, 5.41) is 10.4. The molecule has 2 aliphatic rings. The predicted octanol–water partition coefficient (Wildman–Crippen LogP) is 3.09. The Kier molecular flexibility index (Phi) is 3.61. The highest BCUT2D eigenvalue weighted by Gasteiger charge is 2.28. The second kappa shape index (κ2) is 6.09. The van der Waals surface area contributed by atoms with Crippen molar-refractivity contribution in [2.24, 2.45) is 0 Å². The minimum atomic E-state index is 0.332. The summed E-state index contributed by atoms with van der Waals surface area (Å²) in [7, 11) is 0. The number of nitrogens with one attached hydrogen (secondary N) is 3. The second-order valence-electron chi connectivity index (χ2n) is 6.34. The number of hydrogen-bond donors (Lipinski definition) is 3. The van der Waals surface area contributed by atoms with Crippen LogP contribution in [0.15, 0.2) is 41.7 Å². The minimum Gasteiger partial charge on any atom is -0.363 e. The number of nitrogens with zero attached hydrogens (tertiary/aromatic N) is 3. The van der Waals surface area contributed by atoms with Crippen molar-refractivity contribution in [3.8, 4) is 0 Å². The van der Waals surface area contributed by atoms with Crippen molar-refractivity contribution >= 4 is 38.9 Å².